The molecule has 0 bridgehead atoms. The average molecular weight is 196 g/mol. The van der Waals surface area contributed by atoms with Crippen molar-refractivity contribution in [3.05, 3.63) is 22.1 Å². The first-order valence-corrected chi connectivity index (χ1v) is 5.04. The first-order valence-electron chi connectivity index (χ1n) is 5.04. The van der Waals surface area contributed by atoms with Crippen LogP contribution in [0.25, 0.3) is 0 Å². The number of aryl methyl sites for hydroxylation is 1. The first-order chi connectivity index (χ1) is 6.68. The van der Waals surface area contributed by atoms with Gasteiger partial charge in [0.15, 0.2) is 0 Å². The molecule has 4 heteroatoms. The summed E-state index contributed by atoms with van der Waals surface area (Å²) in [7, 11) is 0. The Bertz CT molecular complexity index is 366. The van der Waals surface area contributed by atoms with Gasteiger partial charge in [-0.25, -0.2) is 0 Å². The van der Waals surface area contributed by atoms with E-state index in [-0.39, 0.29) is 5.56 Å². The number of aromatic amines is 1. The summed E-state index contributed by atoms with van der Waals surface area (Å²) >= 11 is 0. The molecular weight excluding hydrogens is 180 g/mol. The maximum Gasteiger partial charge on any atom is 0.264 e. The molecule has 1 saturated heterocycles. The summed E-state index contributed by atoms with van der Waals surface area (Å²) in [6.07, 6.45) is 0.979. The molecule has 4 nitrogen and oxygen atoms in total. The molecule has 0 amide bonds. The summed E-state index contributed by atoms with van der Waals surface area (Å²) in [5.41, 5.74) is 0.995. The summed E-state index contributed by atoms with van der Waals surface area (Å²) in [6.45, 7) is 5.68. The SMILES string of the molecule is Cc1cc(=O)[nH]n1C1CCOCC1C. The van der Waals surface area contributed by atoms with Crippen molar-refractivity contribution in [2.45, 2.75) is 26.3 Å². The number of nitrogens with zero attached hydrogens (tertiary/aromatic N) is 1. The van der Waals surface area contributed by atoms with Crippen LogP contribution in [0.1, 0.15) is 25.1 Å². The van der Waals surface area contributed by atoms with Crippen LogP contribution < -0.4 is 5.56 Å². The second-order valence-electron chi connectivity index (χ2n) is 4.04. The minimum Gasteiger partial charge on any atom is -0.381 e. The van der Waals surface area contributed by atoms with E-state index >= 15 is 0 Å². The fourth-order valence-corrected chi connectivity index (χ4v) is 2.10. The third-order valence-electron chi connectivity index (χ3n) is 2.88. The number of hydrogen-bond acceptors (Lipinski definition) is 2. The number of H-pyrrole nitrogens is 1. The van der Waals surface area contributed by atoms with Gasteiger partial charge in [0, 0.05) is 24.3 Å². The third-order valence-corrected chi connectivity index (χ3v) is 2.88. The molecule has 0 saturated carbocycles. The Hall–Kier alpha value is -1.03. The minimum absolute atomic E-state index is 0.0128. The van der Waals surface area contributed by atoms with E-state index in [9.17, 15) is 4.79 Å². The van der Waals surface area contributed by atoms with E-state index < -0.39 is 0 Å². The average Bonchev–Trinajstić information content (AvgIpc) is 2.46. The highest BCUT2D eigenvalue weighted by Gasteiger charge is 2.24. The number of hydrogen-bond donors (Lipinski definition) is 1. The molecule has 1 aliphatic rings. The van der Waals surface area contributed by atoms with E-state index in [1.54, 1.807) is 6.07 Å². The monoisotopic (exact) mass is 196 g/mol. The number of nitrogens with one attached hydrogen (secondary N) is 1. The molecule has 14 heavy (non-hydrogen) atoms. The summed E-state index contributed by atoms with van der Waals surface area (Å²) in [5.74, 6) is 0.463. The maximum atomic E-state index is 11.2. The quantitative estimate of drug-likeness (QED) is 0.730. The van der Waals surface area contributed by atoms with E-state index in [1.165, 1.54) is 0 Å². The molecule has 1 fully saturated rings. The maximum absolute atomic E-state index is 11.2. The zero-order valence-electron chi connectivity index (χ0n) is 8.62. The van der Waals surface area contributed by atoms with Crippen molar-refractivity contribution in [3.8, 4) is 0 Å². The lowest BCUT2D eigenvalue weighted by atomic mass is 9.98. The van der Waals surface area contributed by atoms with E-state index in [1.807, 2.05) is 11.6 Å². The van der Waals surface area contributed by atoms with Gasteiger partial charge in [0.05, 0.1) is 12.6 Å². The van der Waals surface area contributed by atoms with Crippen molar-refractivity contribution < 1.29 is 4.74 Å². The van der Waals surface area contributed by atoms with Gasteiger partial charge < -0.3 is 4.74 Å². The summed E-state index contributed by atoms with van der Waals surface area (Å²) < 4.78 is 7.36. The predicted molar refractivity (Wildman–Crippen MR) is 53.4 cm³/mol. The van der Waals surface area contributed by atoms with Crippen LogP contribution in [0.2, 0.25) is 0 Å². The van der Waals surface area contributed by atoms with E-state index in [0.717, 1.165) is 25.3 Å². The number of aromatic nitrogens is 2. The fraction of sp³-hybridized carbons (Fsp3) is 0.700. The Morgan fingerprint density at radius 1 is 1.64 bits per heavy atom. The van der Waals surface area contributed by atoms with Gasteiger partial charge in [-0.3, -0.25) is 14.6 Å². The summed E-state index contributed by atoms with van der Waals surface area (Å²) in [4.78, 5) is 11.2. The number of ether oxygens (including phenoxy) is 1. The van der Waals surface area contributed by atoms with Crippen molar-refractivity contribution in [2.75, 3.05) is 13.2 Å². The third kappa shape index (κ3) is 1.62. The summed E-state index contributed by atoms with van der Waals surface area (Å²) in [6, 6.07) is 2.02. The second kappa shape index (κ2) is 3.61. The van der Waals surface area contributed by atoms with E-state index in [4.69, 9.17) is 4.74 Å². The standard InChI is InChI=1S/C10H16N2O2/c1-7-6-14-4-3-9(7)12-8(2)5-10(13)11-12/h5,7,9H,3-4,6H2,1-2H3,(H,11,13). The molecule has 0 aromatic carbocycles. The minimum atomic E-state index is -0.0128. The van der Waals surface area contributed by atoms with Crippen LogP contribution in [-0.2, 0) is 4.74 Å². The van der Waals surface area contributed by atoms with Crippen LogP contribution >= 0.6 is 0 Å². The zero-order chi connectivity index (χ0) is 10.1. The van der Waals surface area contributed by atoms with Crippen molar-refractivity contribution in [1.29, 1.82) is 0 Å². The Labute approximate surface area is 82.9 Å². The summed E-state index contributed by atoms with van der Waals surface area (Å²) in [5, 5.41) is 2.85. The van der Waals surface area contributed by atoms with Crippen LogP contribution in [0, 0.1) is 12.8 Å². The molecule has 0 radical (unpaired) electrons. The smallest absolute Gasteiger partial charge is 0.264 e. The molecule has 0 spiro atoms. The van der Waals surface area contributed by atoms with Crippen molar-refractivity contribution >= 4 is 0 Å². The molecule has 1 aromatic heterocycles. The lowest BCUT2D eigenvalue weighted by molar-refractivity contribution is 0.0243. The Balaban J connectivity index is 2.28. The van der Waals surface area contributed by atoms with Gasteiger partial charge in [0.2, 0.25) is 0 Å². The van der Waals surface area contributed by atoms with Crippen LogP contribution in [0.4, 0.5) is 0 Å². The van der Waals surface area contributed by atoms with Crippen LogP contribution in [0.15, 0.2) is 10.9 Å². The van der Waals surface area contributed by atoms with E-state index in [0.29, 0.717) is 12.0 Å². The lowest BCUT2D eigenvalue weighted by Gasteiger charge is -2.30. The van der Waals surface area contributed by atoms with Crippen LogP contribution in [0.5, 0.6) is 0 Å². The van der Waals surface area contributed by atoms with E-state index in [2.05, 4.69) is 12.0 Å². The first kappa shape index (κ1) is 9.52. The zero-order valence-corrected chi connectivity index (χ0v) is 8.62. The Morgan fingerprint density at radius 2 is 2.43 bits per heavy atom. The Kier molecular flexibility index (Phi) is 2.46. The van der Waals surface area contributed by atoms with Gasteiger partial charge in [0.25, 0.3) is 5.56 Å². The van der Waals surface area contributed by atoms with Gasteiger partial charge >= 0.3 is 0 Å². The van der Waals surface area contributed by atoms with Crippen molar-refractivity contribution in [2.24, 2.45) is 5.92 Å². The van der Waals surface area contributed by atoms with Crippen molar-refractivity contribution in [1.82, 2.24) is 9.78 Å². The molecule has 1 N–H and O–H groups in total. The Morgan fingerprint density at radius 3 is 3.00 bits per heavy atom. The topological polar surface area (TPSA) is 47.0 Å². The van der Waals surface area contributed by atoms with Crippen LogP contribution in [-0.4, -0.2) is 23.0 Å². The lowest BCUT2D eigenvalue weighted by Crippen LogP contribution is -2.29. The second-order valence-corrected chi connectivity index (χ2v) is 4.04. The normalized spacial score (nSPS) is 27.9. The van der Waals surface area contributed by atoms with Gasteiger partial charge in [-0.15, -0.1) is 0 Å². The predicted octanol–water partition coefficient (Wildman–Crippen LogP) is 1.08. The highest BCUT2D eigenvalue weighted by Crippen LogP contribution is 2.26. The molecule has 1 aliphatic heterocycles. The molecule has 0 aliphatic carbocycles. The van der Waals surface area contributed by atoms with Gasteiger partial charge in [-0.2, -0.15) is 0 Å². The molecule has 1 aromatic rings. The molecule has 2 unspecified atom stereocenters. The molecule has 2 heterocycles. The highest BCUT2D eigenvalue weighted by molar-refractivity contribution is 5.00. The van der Waals surface area contributed by atoms with Crippen molar-refractivity contribution in [3.63, 3.8) is 0 Å². The molecule has 2 atom stereocenters. The van der Waals surface area contributed by atoms with Gasteiger partial charge in [-0.1, -0.05) is 6.92 Å². The largest absolute Gasteiger partial charge is 0.381 e. The van der Waals surface area contributed by atoms with Gasteiger partial charge in [0.1, 0.15) is 0 Å². The van der Waals surface area contributed by atoms with Gasteiger partial charge in [-0.05, 0) is 13.3 Å². The highest BCUT2D eigenvalue weighted by atomic mass is 16.5. The van der Waals surface area contributed by atoms with Crippen LogP contribution in [0.3, 0.4) is 0 Å². The molecule has 78 valence electrons. The fourth-order valence-electron chi connectivity index (χ4n) is 2.10. The molecular formula is C10H16N2O2. The molecule has 2 rings (SSSR count). The number of rotatable bonds is 1.